The molecule has 17 heavy (non-hydrogen) atoms. The zero-order chi connectivity index (χ0) is 12.7. The number of carboxylic acids is 1. The van der Waals surface area contributed by atoms with E-state index in [2.05, 4.69) is 16.6 Å². The number of hydrogen-bond donors (Lipinski definition) is 1. The summed E-state index contributed by atoms with van der Waals surface area (Å²) in [6.45, 7) is 0. The Balaban J connectivity index is 2.72. The molecule has 0 bridgehead atoms. The fraction of sp³-hybridized carbons (Fsp3) is 0.231. The number of aromatic carboxylic acids is 1. The van der Waals surface area contributed by atoms with E-state index in [4.69, 9.17) is 5.11 Å². The van der Waals surface area contributed by atoms with Crippen molar-refractivity contribution in [2.45, 2.75) is 12.8 Å². The van der Waals surface area contributed by atoms with Crippen molar-refractivity contribution in [3.8, 4) is 11.8 Å². The normalized spacial score (nSPS) is 9.00. The van der Waals surface area contributed by atoms with Crippen molar-refractivity contribution in [3.05, 3.63) is 35.4 Å². The van der Waals surface area contributed by atoms with Gasteiger partial charge in [0.15, 0.2) is 0 Å². The van der Waals surface area contributed by atoms with Crippen molar-refractivity contribution in [2.75, 3.05) is 7.11 Å². The minimum absolute atomic E-state index is 0.165. The minimum atomic E-state index is -1.01. The monoisotopic (exact) mass is 232 g/mol. The number of methoxy groups -OCH3 is 1. The molecule has 1 rings (SSSR count). The SMILES string of the molecule is COC(=O)CCC#Cc1ccccc1C(=O)O. The molecule has 1 N–H and O–H groups in total. The number of carbonyl (C=O) groups is 2. The third kappa shape index (κ3) is 3.99. The molecular formula is C13H12O4. The van der Waals surface area contributed by atoms with Crippen LogP contribution in [-0.2, 0) is 9.53 Å². The summed E-state index contributed by atoms with van der Waals surface area (Å²) >= 11 is 0. The predicted octanol–water partition coefficient (Wildman–Crippen LogP) is 1.69. The molecule has 0 heterocycles. The van der Waals surface area contributed by atoms with Gasteiger partial charge >= 0.3 is 11.9 Å². The molecule has 1 aromatic carbocycles. The van der Waals surface area contributed by atoms with E-state index in [1.54, 1.807) is 18.2 Å². The Hall–Kier alpha value is -2.28. The van der Waals surface area contributed by atoms with Gasteiger partial charge in [-0.2, -0.15) is 0 Å². The zero-order valence-electron chi connectivity index (χ0n) is 9.40. The van der Waals surface area contributed by atoms with Crippen LogP contribution in [0.2, 0.25) is 0 Å². The van der Waals surface area contributed by atoms with Gasteiger partial charge in [0.25, 0.3) is 0 Å². The Morgan fingerprint density at radius 3 is 2.71 bits per heavy atom. The zero-order valence-corrected chi connectivity index (χ0v) is 9.40. The number of benzene rings is 1. The maximum Gasteiger partial charge on any atom is 0.336 e. The van der Waals surface area contributed by atoms with Crippen molar-refractivity contribution < 1.29 is 19.4 Å². The first kappa shape index (κ1) is 12.8. The summed E-state index contributed by atoms with van der Waals surface area (Å²) in [5, 5.41) is 8.91. The van der Waals surface area contributed by atoms with Crippen molar-refractivity contribution in [1.29, 1.82) is 0 Å². The van der Waals surface area contributed by atoms with Gasteiger partial charge in [-0.3, -0.25) is 4.79 Å². The first-order chi connectivity index (χ1) is 8.15. The van der Waals surface area contributed by atoms with Gasteiger partial charge in [-0.05, 0) is 12.1 Å². The lowest BCUT2D eigenvalue weighted by Crippen LogP contribution is -2.00. The highest BCUT2D eigenvalue weighted by Gasteiger charge is 2.06. The second kappa shape index (κ2) is 6.33. The third-order valence-electron chi connectivity index (χ3n) is 2.06. The van der Waals surface area contributed by atoms with E-state index >= 15 is 0 Å². The smallest absolute Gasteiger partial charge is 0.336 e. The minimum Gasteiger partial charge on any atom is -0.478 e. The molecule has 0 saturated carbocycles. The van der Waals surface area contributed by atoms with Crippen LogP contribution in [-0.4, -0.2) is 24.2 Å². The lowest BCUT2D eigenvalue weighted by molar-refractivity contribution is -0.140. The van der Waals surface area contributed by atoms with Crippen molar-refractivity contribution in [2.24, 2.45) is 0 Å². The van der Waals surface area contributed by atoms with E-state index in [0.717, 1.165) is 0 Å². The summed E-state index contributed by atoms with van der Waals surface area (Å²) in [4.78, 5) is 21.7. The Morgan fingerprint density at radius 2 is 2.06 bits per heavy atom. The predicted molar refractivity (Wildman–Crippen MR) is 61.5 cm³/mol. The number of carboxylic acid groups (broad SMARTS) is 1. The molecule has 0 aliphatic rings. The molecule has 0 saturated heterocycles. The van der Waals surface area contributed by atoms with Crippen LogP contribution >= 0.6 is 0 Å². The van der Waals surface area contributed by atoms with Crippen LogP contribution in [0.15, 0.2) is 24.3 Å². The van der Waals surface area contributed by atoms with Crippen molar-refractivity contribution >= 4 is 11.9 Å². The molecule has 0 atom stereocenters. The molecular weight excluding hydrogens is 220 g/mol. The Labute approximate surface area is 99.2 Å². The lowest BCUT2D eigenvalue weighted by atomic mass is 10.1. The van der Waals surface area contributed by atoms with Crippen LogP contribution in [0.3, 0.4) is 0 Å². The average molecular weight is 232 g/mol. The van der Waals surface area contributed by atoms with E-state index in [-0.39, 0.29) is 18.0 Å². The molecule has 0 unspecified atom stereocenters. The van der Waals surface area contributed by atoms with Crippen LogP contribution < -0.4 is 0 Å². The molecule has 0 aromatic heterocycles. The van der Waals surface area contributed by atoms with Crippen molar-refractivity contribution in [3.63, 3.8) is 0 Å². The molecule has 4 heteroatoms. The highest BCUT2D eigenvalue weighted by Crippen LogP contribution is 2.07. The number of rotatable bonds is 3. The summed E-state index contributed by atoms with van der Waals surface area (Å²) < 4.78 is 4.46. The van der Waals surface area contributed by atoms with E-state index < -0.39 is 5.97 Å². The van der Waals surface area contributed by atoms with Crippen LogP contribution in [0.1, 0.15) is 28.8 Å². The van der Waals surface area contributed by atoms with E-state index in [1.165, 1.54) is 13.2 Å². The molecule has 0 aliphatic carbocycles. The average Bonchev–Trinajstić information content (AvgIpc) is 2.34. The summed E-state index contributed by atoms with van der Waals surface area (Å²) in [6.07, 6.45) is 0.555. The highest BCUT2D eigenvalue weighted by atomic mass is 16.5. The van der Waals surface area contributed by atoms with Gasteiger partial charge in [-0.25, -0.2) is 4.79 Å². The fourth-order valence-corrected chi connectivity index (χ4v) is 1.20. The maximum absolute atomic E-state index is 10.9. The Bertz CT molecular complexity index is 480. The third-order valence-corrected chi connectivity index (χ3v) is 2.06. The lowest BCUT2D eigenvalue weighted by Gasteiger charge is -1.97. The molecule has 0 fully saturated rings. The molecule has 0 aliphatic heterocycles. The first-order valence-corrected chi connectivity index (χ1v) is 5.03. The second-order valence-electron chi connectivity index (χ2n) is 3.23. The molecule has 0 amide bonds. The first-order valence-electron chi connectivity index (χ1n) is 5.03. The Kier molecular flexibility index (Phi) is 4.77. The number of esters is 1. The van der Waals surface area contributed by atoms with E-state index in [0.29, 0.717) is 12.0 Å². The van der Waals surface area contributed by atoms with Crippen LogP contribution in [0.5, 0.6) is 0 Å². The van der Waals surface area contributed by atoms with E-state index in [1.807, 2.05) is 0 Å². The van der Waals surface area contributed by atoms with E-state index in [9.17, 15) is 9.59 Å². The Morgan fingerprint density at radius 1 is 1.35 bits per heavy atom. The molecule has 4 nitrogen and oxygen atoms in total. The maximum atomic E-state index is 10.9. The van der Waals surface area contributed by atoms with Gasteiger partial charge in [0.05, 0.1) is 19.1 Å². The van der Waals surface area contributed by atoms with Gasteiger partial charge in [-0.1, -0.05) is 24.0 Å². The molecule has 88 valence electrons. The fourth-order valence-electron chi connectivity index (χ4n) is 1.20. The summed E-state index contributed by atoms with van der Waals surface area (Å²) in [7, 11) is 1.31. The summed E-state index contributed by atoms with van der Waals surface area (Å²) in [6, 6.07) is 6.49. The van der Waals surface area contributed by atoms with Gasteiger partial charge in [0.2, 0.25) is 0 Å². The van der Waals surface area contributed by atoms with Crippen LogP contribution in [0, 0.1) is 11.8 Å². The second-order valence-corrected chi connectivity index (χ2v) is 3.23. The quantitative estimate of drug-likeness (QED) is 0.636. The van der Waals surface area contributed by atoms with Crippen LogP contribution in [0.25, 0.3) is 0 Å². The molecule has 1 aromatic rings. The van der Waals surface area contributed by atoms with Crippen molar-refractivity contribution in [1.82, 2.24) is 0 Å². The number of ether oxygens (including phenoxy) is 1. The topological polar surface area (TPSA) is 63.6 Å². The van der Waals surface area contributed by atoms with Crippen LogP contribution in [0.4, 0.5) is 0 Å². The summed E-state index contributed by atoms with van der Waals surface area (Å²) in [5.74, 6) is 4.14. The number of hydrogen-bond acceptors (Lipinski definition) is 3. The van der Waals surface area contributed by atoms with Gasteiger partial charge < -0.3 is 9.84 Å². The largest absolute Gasteiger partial charge is 0.478 e. The molecule has 0 spiro atoms. The standard InChI is InChI=1S/C13H12O4/c1-17-12(14)9-5-3-7-10-6-2-4-8-11(10)13(15)16/h2,4,6,8H,5,9H2,1H3,(H,15,16). The van der Waals surface area contributed by atoms with Gasteiger partial charge in [0.1, 0.15) is 0 Å². The molecule has 0 radical (unpaired) electrons. The summed E-state index contributed by atoms with van der Waals surface area (Å²) in [5.41, 5.74) is 0.614. The number of carbonyl (C=O) groups excluding carboxylic acids is 1. The van der Waals surface area contributed by atoms with Gasteiger partial charge in [0, 0.05) is 12.0 Å². The highest BCUT2D eigenvalue weighted by molar-refractivity contribution is 5.90. The van der Waals surface area contributed by atoms with Gasteiger partial charge in [-0.15, -0.1) is 0 Å².